The van der Waals surface area contributed by atoms with Crippen molar-refractivity contribution < 1.29 is 9.59 Å². The van der Waals surface area contributed by atoms with Gasteiger partial charge in [-0.25, -0.2) is 0 Å². The number of amides is 2. The van der Waals surface area contributed by atoms with Crippen molar-refractivity contribution in [1.29, 1.82) is 0 Å². The molecule has 1 heterocycles. The first-order valence-corrected chi connectivity index (χ1v) is 8.01. The molecule has 0 atom stereocenters. The Morgan fingerprint density at radius 3 is 2.48 bits per heavy atom. The van der Waals surface area contributed by atoms with Crippen LogP contribution in [0, 0.1) is 0 Å². The number of anilines is 1. The predicted octanol–water partition coefficient (Wildman–Crippen LogP) is 1.52. The molecule has 7 nitrogen and oxygen atoms in total. The van der Waals surface area contributed by atoms with E-state index in [1.165, 1.54) is 0 Å². The van der Waals surface area contributed by atoms with Crippen molar-refractivity contribution in [2.75, 3.05) is 25.0 Å². The van der Waals surface area contributed by atoms with Crippen LogP contribution in [0.5, 0.6) is 0 Å². The van der Waals surface area contributed by atoms with E-state index in [4.69, 9.17) is 0 Å². The van der Waals surface area contributed by atoms with Crippen LogP contribution in [0.25, 0.3) is 10.9 Å². The van der Waals surface area contributed by atoms with Crippen LogP contribution in [0.2, 0.25) is 0 Å². The summed E-state index contributed by atoms with van der Waals surface area (Å²) in [5.41, 5.74) is 2.05. The Hall–Kier alpha value is -3.35. The highest BCUT2D eigenvalue weighted by atomic mass is 16.2. The van der Waals surface area contributed by atoms with E-state index in [1.807, 2.05) is 54.6 Å². The first-order chi connectivity index (χ1) is 12.2. The van der Waals surface area contributed by atoms with Crippen molar-refractivity contribution >= 4 is 28.4 Å². The molecule has 3 rings (SSSR count). The van der Waals surface area contributed by atoms with Crippen LogP contribution in [0.3, 0.4) is 0 Å². The minimum Gasteiger partial charge on any atom is -0.376 e. The highest BCUT2D eigenvalue weighted by Crippen LogP contribution is 2.14. The van der Waals surface area contributed by atoms with Gasteiger partial charge < -0.3 is 16.0 Å². The lowest BCUT2D eigenvalue weighted by Crippen LogP contribution is -2.37. The van der Waals surface area contributed by atoms with Gasteiger partial charge in [0, 0.05) is 24.2 Å². The molecule has 0 bridgehead atoms. The molecular formula is C18H19N5O2. The Bertz CT molecular complexity index is 860. The number of nitrogens with one attached hydrogen (secondary N) is 4. The van der Waals surface area contributed by atoms with Crippen LogP contribution in [-0.2, 0) is 4.79 Å². The first-order valence-electron chi connectivity index (χ1n) is 8.01. The monoisotopic (exact) mass is 337 g/mol. The number of hydrogen-bond donors (Lipinski definition) is 4. The molecule has 0 aliphatic carbocycles. The van der Waals surface area contributed by atoms with E-state index in [9.17, 15) is 9.59 Å². The van der Waals surface area contributed by atoms with Crippen LogP contribution in [0.15, 0.2) is 54.6 Å². The highest BCUT2D eigenvalue weighted by molar-refractivity contribution is 6.04. The average Bonchev–Trinajstić information content (AvgIpc) is 3.08. The number of benzene rings is 2. The average molecular weight is 337 g/mol. The summed E-state index contributed by atoms with van der Waals surface area (Å²) in [5.74, 6) is -0.405. The minimum absolute atomic E-state index is 0.136. The summed E-state index contributed by atoms with van der Waals surface area (Å²) in [6.07, 6.45) is 0. The summed E-state index contributed by atoms with van der Waals surface area (Å²) < 4.78 is 0. The normalized spacial score (nSPS) is 10.4. The van der Waals surface area contributed by atoms with Crippen LogP contribution in [0.1, 0.15) is 10.5 Å². The van der Waals surface area contributed by atoms with Gasteiger partial charge in [-0.05, 0) is 18.2 Å². The fraction of sp³-hybridized carbons (Fsp3) is 0.167. The highest BCUT2D eigenvalue weighted by Gasteiger charge is 2.12. The fourth-order valence-corrected chi connectivity index (χ4v) is 2.40. The molecule has 0 unspecified atom stereocenters. The third-order valence-electron chi connectivity index (χ3n) is 3.65. The molecule has 0 fully saturated rings. The SMILES string of the molecule is O=C(CNc1ccccc1)NCCNC(=O)c1n[nH]c2ccccc12. The molecule has 0 saturated carbocycles. The number of para-hydroxylation sites is 2. The van der Waals surface area contributed by atoms with Crippen LogP contribution in [0.4, 0.5) is 5.69 Å². The van der Waals surface area contributed by atoms with E-state index in [-0.39, 0.29) is 18.4 Å². The maximum Gasteiger partial charge on any atom is 0.272 e. The number of aromatic nitrogens is 2. The number of hydrogen-bond acceptors (Lipinski definition) is 4. The zero-order chi connectivity index (χ0) is 17.5. The molecule has 0 radical (unpaired) electrons. The van der Waals surface area contributed by atoms with Crippen molar-refractivity contribution in [1.82, 2.24) is 20.8 Å². The van der Waals surface area contributed by atoms with Crippen molar-refractivity contribution in [3.05, 3.63) is 60.3 Å². The number of H-pyrrole nitrogens is 1. The lowest BCUT2D eigenvalue weighted by atomic mass is 10.2. The van der Waals surface area contributed by atoms with E-state index in [0.717, 1.165) is 16.6 Å². The Labute approximate surface area is 144 Å². The van der Waals surface area contributed by atoms with E-state index in [0.29, 0.717) is 18.8 Å². The van der Waals surface area contributed by atoms with Crippen LogP contribution in [-0.4, -0.2) is 41.6 Å². The zero-order valence-corrected chi connectivity index (χ0v) is 13.6. The third-order valence-corrected chi connectivity index (χ3v) is 3.65. The second-order valence-electron chi connectivity index (χ2n) is 5.44. The van der Waals surface area contributed by atoms with Crippen molar-refractivity contribution in [3.8, 4) is 0 Å². The fourth-order valence-electron chi connectivity index (χ4n) is 2.40. The standard InChI is InChI=1S/C18H19N5O2/c24-16(12-21-13-6-2-1-3-7-13)19-10-11-20-18(25)17-14-8-4-5-9-15(14)22-23-17/h1-9,21H,10-12H2,(H,19,24)(H,20,25)(H,22,23). The maximum absolute atomic E-state index is 12.2. The summed E-state index contributed by atoms with van der Waals surface area (Å²) in [7, 11) is 0. The third kappa shape index (κ3) is 4.35. The Morgan fingerprint density at radius 2 is 1.64 bits per heavy atom. The zero-order valence-electron chi connectivity index (χ0n) is 13.6. The van der Waals surface area contributed by atoms with Gasteiger partial charge in [0.05, 0.1) is 12.1 Å². The molecule has 0 aliphatic heterocycles. The summed E-state index contributed by atoms with van der Waals surface area (Å²) in [6.45, 7) is 0.864. The summed E-state index contributed by atoms with van der Waals surface area (Å²) >= 11 is 0. The molecule has 25 heavy (non-hydrogen) atoms. The number of nitrogens with zero attached hydrogens (tertiary/aromatic N) is 1. The second-order valence-corrected chi connectivity index (χ2v) is 5.44. The maximum atomic E-state index is 12.2. The van der Waals surface area contributed by atoms with Crippen LogP contribution >= 0.6 is 0 Å². The van der Waals surface area contributed by atoms with Crippen molar-refractivity contribution in [2.45, 2.75) is 0 Å². The van der Waals surface area contributed by atoms with Gasteiger partial charge in [-0.15, -0.1) is 0 Å². The lowest BCUT2D eigenvalue weighted by molar-refractivity contribution is -0.119. The number of carbonyl (C=O) groups excluding carboxylic acids is 2. The summed E-state index contributed by atoms with van der Waals surface area (Å²) in [5, 5.41) is 16.2. The van der Waals surface area contributed by atoms with E-state index in [2.05, 4.69) is 26.1 Å². The Kier molecular flexibility index (Phi) is 5.26. The molecule has 7 heteroatoms. The number of aromatic amines is 1. The Morgan fingerprint density at radius 1 is 0.920 bits per heavy atom. The van der Waals surface area contributed by atoms with Gasteiger partial charge in [-0.2, -0.15) is 5.10 Å². The van der Waals surface area contributed by atoms with Gasteiger partial charge in [0.1, 0.15) is 0 Å². The lowest BCUT2D eigenvalue weighted by Gasteiger charge is -2.08. The predicted molar refractivity (Wildman–Crippen MR) is 96.4 cm³/mol. The van der Waals surface area contributed by atoms with Gasteiger partial charge in [0.25, 0.3) is 5.91 Å². The van der Waals surface area contributed by atoms with Gasteiger partial charge in [-0.3, -0.25) is 14.7 Å². The first kappa shape index (κ1) is 16.5. The van der Waals surface area contributed by atoms with E-state index < -0.39 is 0 Å². The minimum atomic E-state index is -0.269. The Balaban J connectivity index is 1.39. The molecule has 0 spiro atoms. The molecule has 3 aromatic rings. The quantitative estimate of drug-likeness (QED) is 0.491. The van der Waals surface area contributed by atoms with Crippen molar-refractivity contribution in [3.63, 3.8) is 0 Å². The molecule has 0 saturated heterocycles. The van der Waals surface area contributed by atoms with E-state index >= 15 is 0 Å². The molecular weight excluding hydrogens is 318 g/mol. The van der Waals surface area contributed by atoms with Crippen molar-refractivity contribution in [2.24, 2.45) is 0 Å². The van der Waals surface area contributed by atoms with E-state index in [1.54, 1.807) is 0 Å². The molecule has 0 aliphatic rings. The molecule has 2 aromatic carbocycles. The molecule has 1 aromatic heterocycles. The number of rotatable bonds is 7. The topological polar surface area (TPSA) is 98.9 Å². The molecule has 128 valence electrons. The summed E-state index contributed by atoms with van der Waals surface area (Å²) in [4.78, 5) is 23.9. The van der Waals surface area contributed by atoms with Gasteiger partial charge in [0.2, 0.25) is 5.91 Å². The molecule has 2 amide bonds. The molecule has 4 N–H and O–H groups in total. The summed E-state index contributed by atoms with van der Waals surface area (Å²) in [6, 6.07) is 16.9. The number of fused-ring (bicyclic) bond motifs is 1. The second kappa shape index (κ2) is 7.96. The van der Waals surface area contributed by atoms with Gasteiger partial charge >= 0.3 is 0 Å². The number of carbonyl (C=O) groups is 2. The van der Waals surface area contributed by atoms with Crippen LogP contribution < -0.4 is 16.0 Å². The van der Waals surface area contributed by atoms with Gasteiger partial charge in [-0.1, -0.05) is 36.4 Å². The largest absolute Gasteiger partial charge is 0.376 e. The van der Waals surface area contributed by atoms with Gasteiger partial charge in [0.15, 0.2) is 5.69 Å². The smallest absolute Gasteiger partial charge is 0.272 e.